The molecule has 1 unspecified atom stereocenters. The molecule has 0 saturated carbocycles. The third-order valence-electron chi connectivity index (χ3n) is 4.74. The molecule has 1 aromatic heterocycles. The average molecular weight is 454 g/mol. The van der Waals surface area contributed by atoms with Crippen molar-refractivity contribution in [2.24, 2.45) is 5.10 Å². The number of amides is 1. The number of fused-ring (bicyclic) bond motifs is 1. The van der Waals surface area contributed by atoms with Gasteiger partial charge < -0.3 is 14.0 Å². The zero-order valence-electron chi connectivity index (χ0n) is 16.1. The number of ether oxygens (including phenoxy) is 2. The summed E-state index contributed by atoms with van der Waals surface area (Å²) >= 11 is 3.60. The van der Waals surface area contributed by atoms with E-state index in [4.69, 9.17) is 9.47 Å². The molecule has 148 valence electrons. The molecule has 1 aliphatic rings. The maximum absolute atomic E-state index is 12.4. The van der Waals surface area contributed by atoms with Gasteiger partial charge in [0, 0.05) is 21.4 Å². The highest BCUT2D eigenvalue weighted by Gasteiger charge is 2.27. The SMILES string of the molecule is Cc1cc(C=NNC(=O)C2COc3ccccc3O2)c(C)n1-c1ccccc1Br. The summed E-state index contributed by atoms with van der Waals surface area (Å²) in [7, 11) is 0. The predicted octanol–water partition coefficient (Wildman–Crippen LogP) is 4.15. The molecule has 7 heteroatoms. The lowest BCUT2D eigenvalue weighted by Gasteiger charge is -2.24. The van der Waals surface area contributed by atoms with Gasteiger partial charge in [0.2, 0.25) is 6.10 Å². The molecule has 1 aliphatic heterocycles. The van der Waals surface area contributed by atoms with Gasteiger partial charge in [0.1, 0.15) is 6.61 Å². The van der Waals surface area contributed by atoms with Crippen LogP contribution in [0.4, 0.5) is 0 Å². The number of aromatic nitrogens is 1. The Hall–Kier alpha value is -3.06. The number of halogens is 1. The zero-order valence-corrected chi connectivity index (χ0v) is 17.6. The minimum Gasteiger partial charge on any atom is -0.485 e. The molecular formula is C22H20BrN3O3. The van der Waals surface area contributed by atoms with Crippen molar-refractivity contribution < 1.29 is 14.3 Å². The van der Waals surface area contributed by atoms with Crippen molar-refractivity contribution in [3.05, 3.63) is 76.0 Å². The summed E-state index contributed by atoms with van der Waals surface area (Å²) in [5.74, 6) is 0.842. The Balaban J connectivity index is 1.46. The van der Waals surface area contributed by atoms with Crippen molar-refractivity contribution in [1.82, 2.24) is 9.99 Å². The minimum absolute atomic E-state index is 0.148. The van der Waals surface area contributed by atoms with Crippen LogP contribution in [0.2, 0.25) is 0 Å². The lowest BCUT2D eigenvalue weighted by Crippen LogP contribution is -2.42. The Kier molecular flexibility index (Phi) is 5.40. The summed E-state index contributed by atoms with van der Waals surface area (Å²) in [5, 5.41) is 4.12. The van der Waals surface area contributed by atoms with Crippen molar-refractivity contribution in [1.29, 1.82) is 0 Å². The standard InChI is InChI=1S/C22H20BrN3O3/c1-14-11-16(15(2)26(14)18-8-4-3-7-17(18)23)12-24-25-22(27)21-13-28-19-9-5-6-10-20(19)29-21/h3-12,21H,13H2,1-2H3,(H,25,27). The maximum Gasteiger partial charge on any atom is 0.284 e. The first-order valence-electron chi connectivity index (χ1n) is 9.20. The fourth-order valence-electron chi connectivity index (χ4n) is 3.31. The zero-order chi connectivity index (χ0) is 20.4. The Morgan fingerprint density at radius 2 is 1.90 bits per heavy atom. The Morgan fingerprint density at radius 1 is 1.17 bits per heavy atom. The molecule has 1 atom stereocenters. The van der Waals surface area contributed by atoms with Crippen LogP contribution in [0.5, 0.6) is 11.5 Å². The molecule has 29 heavy (non-hydrogen) atoms. The molecule has 0 bridgehead atoms. The van der Waals surface area contributed by atoms with Crippen LogP contribution in [0.15, 0.2) is 64.2 Å². The number of nitrogens with zero attached hydrogens (tertiary/aromatic N) is 2. The van der Waals surface area contributed by atoms with Crippen LogP contribution in [0, 0.1) is 13.8 Å². The van der Waals surface area contributed by atoms with Crippen LogP contribution in [0.25, 0.3) is 5.69 Å². The topological polar surface area (TPSA) is 64.8 Å². The van der Waals surface area contributed by atoms with E-state index < -0.39 is 6.10 Å². The second-order valence-corrected chi connectivity index (χ2v) is 7.57. The number of para-hydroxylation sites is 3. The fraction of sp³-hybridized carbons (Fsp3) is 0.182. The van der Waals surface area contributed by atoms with Crippen LogP contribution < -0.4 is 14.9 Å². The molecule has 2 aromatic carbocycles. The van der Waals surface area contributed by atoms with Gasteiger partial charge in [-0.3, -0.25) is 4.79 Å². The molecule has 0 saturated heterocycles. The number of nitrogens with one attached hydrogen (secondary N) is 1. The number of hydrazone groups is 1. The molecule has 0 spiro atoms. The third kappa shape index (κ3) is 3.91. The van der Waals surface area contributed by atoms with Gasteiger partial charge in [-0.2, -0.15) is 5.10 Å². The van der Waals surface area contributed by atoms with E-state index in [1.165, 1.54) is 0 Å². The molecule has 6 nitrogen and oxygen atoms in total. The predicted molar refractivity (Wildman–Crippen MR) is 115 cm³/mol. The Morgan fingerprint density at radius 3 is 2.69 bits per heavy atom. The quantitative estimate of drug-likeness (QED) is 0.476. The number of hydrogen-bond acceptors (Lipinski definition) is 4. The van der Waals surface area contributed by atoms with Crippen LogP contribution in [0.3, 0.4) is 0 Å². The largest absolute Gasteiger partial charge is 0.485 e. The maximum atomic E-state index is 12.4. The van der Waals surface area contributed by atoms with E-state index in [2.05, 4.69) is 31.0 Å². The molecule has 0 radical (unpaired) electrons. The number of carbonyl (C=O) groups is 1. The van der Waals surface area contributed by atoms with Crippen molar-refractivity contribution in [2.45, 2.75) is 20.0 Å². The molecule has 4 rings (SSSR count). The van der Waals surface area contributed by atoms with E-state index in [-0.39, 0.29) is 12.5 Å². The van der Waals surface area contributed by atoms with Gasteiger partial charge >= 0.3 is 0 Å². The lowest BCUT2D eigenvalue weighted by molar-refractivity contribution is -0.130. The first-order chi connectivity index (χ1) is 14.0. The highest BCUT2D eigenvalue weighted by Crippen LogP contribution is 2.31. The van der Waals surface area contributed by atoms with Gasteiger partial charge in [-0.25, -0.2) is 5.43 Å². The van der Waals surface area contributed by atoms with Gasteiger partial charge in [0.15, 0.2) is 11.5 Å². The van der Waals surface area contributed by atoms with Crippen molar-refractivity contribution in [3.63, 3.8) is 0 Å². The van der Waals surface area contributed by atoms with Gasteiger partial charge in [-0.1, -0.05) is 24.3 Å². The highest BCUT2D eigenvalue weighted by molar-refractivity contribution is 9.10. The molecule has 0 fully saturated rings. The first-order valence-corrected chi connectivity index (χ1v) is 9.99. The second-order valence-electron chi connectivity index (χ2n) is 6.71. The van der Waals surface area contributed by atoms with Crippen molar-refractivity contribution in [2.75, 3.05) is 6.61 Å². The van der Waals surface area contributed by atoms with E-state index in [0.717, 1.165) is 27.1 Å². The minimum atomic E-state index is -0.741. The van der Waals surface area contributed by atoms with Crippen LogP contribution in [-0.4, -0.2) is 29.4 Å². The number of hydrogen-bond donors (Lipinski definition) is 1. The molecule has 1 amide bonds. The van der Waals surface area contributed by atoms with Crippen molar-refractivity contribution >= 4 is 28.1 Å². The highest BCUT2D eigenvalue weighted by atomic mass is 79.9. The van der Waals surface area contributed by atoms with Crippen LogP contribution >= 0.6 is 15.9 Å². The number of carbonyl (C=O) groups excluding carboxylic acids is 1. The summed E-state index contributed by atoms with van der Waals surface area (Å²) in [4.78, 5) is 12.4. The van der Waals surface area contributed by atoms with Gasteiger partial charge in [-0.15, -0.1) is 0 Å². The van der Waals surface area contributed by atoms with E-state index in [0.29, 0.717) is 11.5 Å². The summed E-state index contributed by atoms with van der Waals surface area (Å²) in [6, 6.07) is 17.3. The monoisotopic (exact) mass is 453 g/mol. The first kappa shape index (κ1) is 19.3. The molecule has 0 aliphatic carbocycles. The molecule has 2 heterocycles. The van der Waals surface area contributed by atoms with Crippen LogP contribution in [-0.2, 0) is 4.79 Å². The van der Waals surface area contributed by atoms with E-state index in [1.54, 1.807) is 12.3 Å². The second kappa shape index (κ2) is 8.13. The summed E-state index contributed by atoms with van der Waals surface area (Å²) in [6.07, 6.45) is 0.903. The average Bonchev–Trinajstić information content (AvgIpc) is 3.01. The molecule has 3 aromatic rings. The van der Waals surface area contributed by atoms with Gasteiger partial charge in [0.25, 0.3) is 5.91 Å². The van der Waals surface area contributed by atoms with Crippen molar-refractivity contribution in [3.8, 4) is 17.2 Å². The fourth-order valence-corrected chi connectivity index (χ4v) is 3.77. The molecular weight excluding hydrogens is 434 g/mol. The smallest absolute Gasteiger partial charge is 0.284 e. The summed E-state index contributed by atoms with van der Waals surface area (Å²) in [5.41, 5.74) is 6.62. The van der Waals surface area contributed by atoms with Gasteiger partial charge in [0.05, 0.1) is 11.9 Å². The van der Waals surface area contributed by atoms with E-state index in [9.17, 15) is 4.79 Å². The lowest BCUT2D eigenvalue weighted by atomic mass is 10.2. The van der Waals surface area contributed by atoms with Gasteiger partial charge in [-0.05, 0) is 60.1 Å². The normalized spacial score (nSPS) is 15.5. The third-order valence-corrected chi connectivity index (χ3v) is 5.41. The van der Waals surface area contributed by atoms with E-state index in [1.807, 2.05) is 62.4 Å². The summed E-state index contributed by atoms with van der Waals surface area (Å²) < 4.78 is 14.4. The van der Waals surface area contributed by atoms with E-state index >= 15 is 0 Å². The summed E-state index contributed by atoms with van der Waals surface area (Å²) in [6.45, 7) is 4.20. The Bertz CT molecular complexity index is 1090. The van der Waals surface area contributed by atoms with Crippen LogP contribution in [0.1, 0.15) is 17.0 Å². The number of rotatable bonds is 4. The Labute approximate surface area is 177 Å². The number of aryl methyl sites for hydroxylation is 1. The number of benzene rings is 2. The molecule has 1 N–H and O–H groups in total.